The normalized spacial score (nSPS) is 21.1. The molecule has 2 nitrogen and oxygen atoms in total. The van der Waals surface area contributed by atoms with Crippen molar-refractivity contribution in [2.75, 3.05) is 0 Å². The topological polar surface area (TPSA) is 40.9 Å². The van der Waals surface area contributed by atoms with Gasteiger partial charge in [0.2, 0.25) is 0 Å². The van der Waals surface area contributed by atoms with E-state index < -0.39 is 5.91 Å². The summed E-state index contributed by atoms with van der Waals surface area (Å²) in [5.74, 6) is -0.600. The van der Waals surface area contributed by atoms with E-state index in [2.05, 4.69) is 0 Å². The molecule has 1 N–H and O–H groups in total. The molecule has 1 radical (unpaired) electrons. The van der Waals surface area contributed by atoms with Gasteiger partial charge in [-0.15, -0.1) is 0 Å². The van der Waals surface area contributed by atoms with Gasteiger partial charge < -0.3 is 0 Å². The van der Waals surface area contributed by atoms with Crippen molar-refractivity contribution in [3.05, 3.63) is 23.8 Å². The summed E-state index contributed by atoms with van der Waals surface area (Å²) in [4.78, 5) is 10.2. The van der Waals surface area contributed by atoms with Gasteiger partial charge in [-0.3, -0.25) is 10.5 Å². The SMILES string of the molecule is [NH]C(=O)/C=C1/C=CCC1. The lowest BCUT2D eigenvalue weighted by Crippen LogP contribution is -1.91. The first-order valence-corrected chi connectivity index (χ1v) is 2.92. The van der Waals surface area contributed by atoms with E-state index in [1.54, 1.807) is 0 Å². The van der Waals surface area contributed by atoms with Gasteiger partial charge in [-0.2, -0.15) is 0 Å². The average Bonchev–Trinajstić information content (AvgIpc) is 2.15. The number of nitrogens with one attached hydrogen (secondary N) is 1. The quantitative estimate of drug-likeness (QED) is 0.479. The van der Waals surface area contributed by atoms with E-state index in [4.69, 9.17) is 5.73 Å². The minimum absolute atomic E-state index is 0.600. The third-order valence-electron chi connectivity index (χ3n) is 1.25. The second kappa shape index (κ2) is 2.49. The summed E-state index contributed by atoms with van der Waals surface area (Å²) in [6.45, 7) is 0. The van der Waals surface area contributed by atoms with Gasteiger partial charge >= 0.3 is 0 Å². The highest BCUT2D eigenvalue weighted by Gasteiger charge is 1.99. The fourth-order valence-electron chi connectivity index (χ4n) is 0.857. The summed E-state index contributed by atoms with van der Waals surface area (Å²) in [5.41, 5.74) is 7.57. The van der Waals surface area contributed by atoms with Crippen LogP contribution in [0.15, 0.2) is 23.8 Å². The largest absolute Gasteiger partial charge is 0.268 e. The maximum absolute atomic E-state index is 10.2. The van der Waals surface area contributed by atoms with Crippen molar-refractivity contribution in [3.63, 3.8) is 0 Å². The lowest BCUT2D eigenvalue weighted by molar-refractivity contribution is -0.114. The van der Waals surface area contributed by atoms with Gasteiger partial charge in [0.05, 0.1) is 0 Å². The minimum atomic E-state index is -0.600. The van der Waals surface area contributed by atoms with Crippen LogP contribution in [0.3, 0.4) is 0 Å². The van der Waals surface area contributed by atoms with Crippen LogP contribution < -0.4 is 5.73 Å². The molecule has 47 valence electrons. The molecule has 0 aliphatic heterocycles. The van der Waals surface area contributed by atoms with Crippen LogP contribution in [0, 0.1) is 0 Å². The van der Waals surface area contributed by atoms with E-state index >= 15 is 0 Å². The lowest BCUT2D eigenvalue weighted by Gasteiger charge is -1.86. The molecule has 0 saturated heterocycles. The van der Waals surface area contributed by atoms with Crippen LogP contribution in [0.2, 0.25) is 0 Å². The van der Waals surface area contributed by atoms with Crippen LogP contribution in [-0.4, -0.2) is 5.91 Å². The first-order valence-electron chi connectivity index (χ1n) is 2.92. The average molecular weight is 122 g/mol. The van der Waals surface area contributed by atoms with Gasteiger partial charge in [0.15, 0.2) is 0 Å². The van der Waals surface area contributed by atoms with Gasteiger partial charge in [-0.05, 0) is 18.4 Å². The molecule has 2 heteroatoms. The Hall–Kier alpha value is -1.05. The Bertz CT molecular complexity index is 179. The van der Waals surface area contributed by atoms with Crippen LogP contribution in [-0.2, 0) is 4.79 Å². The molecule has 0 aromatic heterocycles. The molecule has 0 heterocycles. The molecule has 0 bridgehead atoms. The number of allylic oxidation sites excluding steroid dienone is 3. The molecule has 0 atom stereocenters. The fraction of sp³-hybridized carbons (Fsp3) is 0.286. The Morgan fingerprint density at radius 3 is 3.00 bits per heavy atom. The number of carbonyl (C=O) groups is 1. The van der Waals surface area contributed by atoms with Gasteiger partial charge in [0, 0.05) is 6.08 Å². The monoisotopic (exact) mass is 122 g/mol. The van der Waals surface area contributed by atoms with Crippen molar-refractivity contribution in [1.82, 2.24) is 5.73 Å². The summed E-state index contributed by atoms with van der Waals surface area (Å²) >= 11 is 0. The fourth-order valence-corrected chi connectivity index (χ4v) is 0.857. The molecule has 1 aliphatic carbocycles. The molecule has 0 fully saturated rings. The first-order chi connectivity index (χ1) is 4.29. The maximum atomic E-state index is 10.2. The molecule has 0 spiro atoms. The van der Waals surface area contributed by atoms with Gasteiger partial charge in [-0.25, -0.2) is 0 Å². The number of amides is 1. The lowest BCUT2D eigenvalue weighted by atomic mass is 10.2. The molecule has 0 aromatic rings. The Morgan fingerprint density at radius 2 is 2.56 bits per heavy atom. The zero-order valence-corrected chi connectivity index (χ0v) is 5.05. The number of hydrogen-bond acceptors (Lipinski definition) is 1. The van der Waals surface area contributed by atoms with E-state index in [1.807, 2.05) is 12.2 Å². The summed E-state index contributed by atoms with van der Waals surface area (Å²) in [5, 5.41) is 0. The van der Waals surface area contributed by atoms with E-state index in [9.17, 15) is 4.79 Å². The van der Waals surface area contributed by atoms with Crippen molar-refractivity contribution >= 4 is 5.91 Å². The van der Waals surface area contributed by atoms with Crippen LogP contribution in [0.5, 0.6) is 0 Å². The molecule has 0 saturated carbocycles. The summed E-state index contributed by atoms with van der Waals surface area (Å²) in [7, 11) is 0. The summed E-state index contributed by atoms with van der Waals surface area (Å²) < 4.78 is 0. The molecule has 0 unspecified atom stereocenters. The Balaban J connectivity index is 2.61. The van der Waals surface area contributed by atoms with E-state index in [0.29, 0.717) is 0 Å². The van der Waals surface area contributed by atoms with E-state index in [-0.39, 0.29) is 0 Å². The highest BCUT2D eigenvalue weighted by atomic mass is 16.1. The zero-order valence-electron chi connectivity index (χ0n) is 5.05. The predicted molar refractivity (Wildman–Crippen MR) is 34.6 cm³/mol. The van der Waals surface area contributed by atoms with Gasteiger partial charge in [-0.1, -0.05) is 12.2 Å². The molecule has 1 amide bonds. The van der Waals surface area contributed by atoms with Crippen molar-refractivity contribution in [1.29, 1.82) is 0 Å². The molecule has 1 aliphatic rings. The van der Waals surface area contributed by atoms with Crippen molar-refractivity contribution in [3.8, 4) is 0 Å². The maximum Gasteiger partial charge on any atom is 0.262 e. The minimum Gasteiger partial charge on any atom is -0.268 e. The highest BCUT2D eigenvalue weighted by molar-refractivity contribution is 5.86. The molecule has 0 aromatic carbocycles. The van der Waals surface area contributed by atoms with Crippen LogP contribution in [0.1, 0.15) is 12.8 Å². The Labute approximate surface area is 54.0 Å². The zero-order chi connectivity index (χ0) is 6.69. The molecular formula is C7H8NO. The second-order valence-corrected chi connectivity index (χ2v) is 2.02. The van der Waals surface area contributed by atoms with Crippen LogP contribution in [0.25, 0.3) is 0 Å². The Morgan fingerprint density at radius 1 is 1.78 bits per heavy atom. The Kier molecular flexibility index (Phi) is 1.68. The number of hydrogen-bond donors (Lipinski definition) is 0. The smallest absolute Gasteiger partial charge is 0.262 e. The van der Waals surface area contributed by atoms with Gasteiger partial charge in [0.1, 0.15) is 0 Å². The van der Waals surface area contributed by atoms with Crippen molar-refractivity contribution < 1.29 is 4.79 Å². The first kappa shape index (κ1) is 6.08. The summed E-state index contributed by atoms with van der Waals surface area (Å²) in [6.07, 6.45) is 7.20. The number of carbonyl (C=O) groups excluding carboxylic acids is 1. The van der Waals surface area contributed by atoms with Crippen LogP contribution in [0.4, 0.5) is 0 Å². The van der Waals surface area contributed by atoms with E-state index in [0.717, 1.165) is 18.4 Å². The third-order valence-corrected chi connectivity index (χ3v) is 1.25. The highest BCUT2D eigenvalue weighted by Crippen LogP contribution is 2.14. The third kappa shape index (κ3) is 1.72. The van der Waals surface area contributed by atoms with Crippen molar-refractivity contribution in [2.45, 2.75) is 12.8 Å². The van der Waals surface area contributed by atoms with Crippen molar-refractivity contribution in [2.24, 2.45) is 0 Å². The standard InChI is InChI=1S/C7H8NO/c8-7(9)5-6-3-1-2-4-6/h1,3,5,8H,2,4H2/b6-5-. The second-order valence-electron chi connectivity index (χ2n) is 2.02. The number of rotatable bonds is 1. The summed E-state index contributed by atoms with van der Waals surface area (Å²) in [6, 6.07) is 0. The molecular weight excluding hydrogens is 114 g/mol. The molecule has 9 heavy (non-hydrogen) atoms. The van der Waals surface area contributed by atoms with Crippen LogP contribution >= 0.6 is 0 Å². The van der Waals surface area contributed by atoms with E-state index in [1.165, 1.54) is 6.08 Å². The molecule has 1 rings (SSSR count). The van der Waals surface area contributed by atoms with Gasteiger partial charge in [0.25, 0.3) is 5.91 Å². The predicted octanol–water partition coefficient (Wildman–Crippen LogP) is 1.07.